The largest absolute Gasteiger partial charge is 0.450 e. The van der Waals surface area contributed by atoms with Crippen LogP contribution in [0.2, 0.25) is 0 Å². The molecule has 20 heavy (non-hydrogen) atoms. The molecule has 0 aromatic rings. The summed E-state index contributed by atoms with van der Waals surface area (Å²) in [5.41, 5.74) is 5.27. The zero-order chi connectivity index (χ0) is 14.9. The normalized spacial score (nSPS) is 10.5. The molecule has 0 aromatic heterocycles. The molecule has 3 N–H and O–H groups in total. The van der Waals surface area contributed by atoms with Gasteiger partial charge in [0.25, 0.3) is 0 Å². The maximum Gasteiger partial charge on any atom is 0.407 e. The molecule has 0 heterocycles. The average Bonchev–Trinajstić information content (AvgIpc) is 2.45. The fraction of sp³-hybridized carbons (Fsp3) is 0.923. The van der Waals surface area contributed by atoms with Gasteiger partial charge >= 0.3 is 6.09 Å². The van der Waals surface area contributed by atoms with Gasteiger partial charge in [-0.25, -0.2) is 4.79 Å². The Bertz CT molecular complexity index is 217. The van der Waals surface area contributed by atoms with E-state index < -0.39 is 6.09 Å². The van der Waals surface area contributed by atoms with Crippen LogP contribution < -0.4 is 11.1 Å². The van der Waals surface area contributed by atoms with E-state index in [1.54, 1.807) is 0 Å². The van der Waals surface area contributed by atoms with Gasteiger partial charge < -0.3 is 30.0 Å². The second-order valence-electron chi connectivity index (χ2n) is 4.04. The smallest absolute Gasteiger partial charge is 0.407 e. The average molecular weight is 292 g/mol. The standard InChI is InChI=1S/C13H28N2O5/c1-2-3-6-20-13(16)15-5-8-18-10-12-19-11-9-17-7-4-14/h2-12,14H2,1H3,(H,15,16). The first kappa shape index (κ1) is 19.1. The SMILES string of the molecule is CCCCOC(=O)NCCOCCOCCOCCN. The van der Waals surface area contributed by atoms with Gasteiger partial charge in [0.1, 0.15) is 0 Å². The van der Waals surface area contributed by atoms with Crippen LogP contribution >= 0.6 is 0 Å². The van der Waals surface area contributed by atoms with Crippen molar-refractivity contribution in [3.63, 3.8) is 0 Å². The van der Waals surface area contributed by atoms with E-state index in [9.17, 15) is 4.79 Å². The molecule has 7 nitrogen and oxygen atoms in total. The minimum absolute atomic E-state index is 0.393. The van der Waals surface area contributed by atoms with Crippen LogP contribution in [0.5, 0.6) is 0 Å². The molecule has 0 aromatic carbocycles. The number of hydrogen-bond acceptors (Lipinski definition) is 6. The summed E-state index contributed by atoms with van der Waals surface area (Å²) in [4.78, 5) is 11.1. The fourth-order valence-electron chi connectivity index (χ4n) is 1.21. The molecule has 0 aliphatic carbocycles. The van der Waals surface area contributed by atoms with E-state index >= 15 is 0 Å². The van der Waals surface area contributed by atoms with Gasteiger partial charge in [0.2, 0.25) is 0 Å². The third kappa shape index (κ3) is 15.2. The van der Waals surface area contributed by atoms with E-state index in [0.717, 1.165) is 12.8 Å². The Hall–Kier alpha value is -0.890. The van der Waals surface area contributed by atoms with E-state index in [4.69, 9.17) is 24.7 Å². The summed E-state index contributed by atoms with van der Waals surface area (Å²) >= 11 is 0. The highest BCUT2D eigenvalue weighted by Crippen LogP contribution is 1.88. The van der Waals surface area contributed by atoms with Gasteiger partial charge in [-0.15, -0.1) is 0 Å². The minimum Gasteiger partial charge on any atom is -0.450 e. The lowest BCUT2D eigenvalue weighted by Gasteiger charge is -2.08. The van der Waals surface area contributed by atoms with Crippen LogP contribution in [0.25, 0.3) is 0 Å². The first-order valence-electron chi connectivity index (χ1n) is 7.15. The van der Waals surface area contributed by atoms with Gasteiger partial charge in [-0.05, 0) is 6.42 Å². The Kier molecular flexibility index (Phi) is 15.4. The lowest BCUT2D eigenvalue weighted by atomic mass is 10.4. The molecule has 0 bridgehead atoms. The third-order valence-corrected chi connectivity index (χ3v) is 2.25. The highest BCUT2D eigenvalue weighted by molar-refractivity contribution is 5.66. The van der Waals surface area contributed by atoms with Crippen molar-refractivity contribution in [1.82, 2.24) is 5.32 Å². The molecular weight excluding hydrogens is 264 g/mol. The van der Waals surface area contributed by atoms with Crippen molar-refractivity contribution >= 4 is 6.09 Å². The summed E-state index contributed by atoms with van der Waals surface area (Å²) in [7, 11) is 0. The number of rotatable bonds is 14. The highest BCUT2D eigenvalue weighted by atomic mass is 16.6. The van der Waals surface area contributed by atoms with Crippen molar-refractivity contribution in [2.45, 2.75) is 19.8 Å². The molecule has 0 atom stereocenters. The molecule has 0 aliphatic rings. The fourth-order valence-corrected chi connectivity index (χ4v) is 1.21. The first-order chi connectivity index (χ1) is 9.81. The maximum atomic E-state index is 11.1. The van der Waals surface area contributed by atoms with Gasteiger partial charge in [0, 0.05) is 13.1 Å². The molecule has 0 saturated heterocycles. The van der Waals surface area contributed by atoms with Crippen molar-refractivity contribution in [2.24, 2.45) is 5.73 Å². The Morgan fingerprint density at radius 3 is 2.15 bits per heavy atom. The Morgan fingerprint density at radius 2 is 1.55 bits per heavy atom. The molecule has 120 valence electrons. The lowest BCUT2D eigenvalue weighted by Crippen LogP contribution is -2.28. The Labute approximate surface area is 121 Å². The van der Waals surface area contributed by atoms with Crippen molar-refractivity contribution in [3.8, 4) is 0 Å². The predicted octanol–water partition coefficient (Wildman–Crippen LogP) is 0.521. The zero-order valence-corrected chi connectivity index (χ0v) is 12.4. The van der Waals surface area contributed by atoms with E-state index in [1.165, 1.54) is 0 Å². The van der Waals surface area contributed by atoms with E-state index in [2.05, 4.69) is 5.32 Å². The summed E-state index contributed by atoms with van der Waals surface area (Å²) in [6, 6.07) is 0. The molecule has 1 amide bonds. The molecule has 7 heteroatoms. The molecule has 0 rings (SSSR count). The molecule has 0 unspecified atom stereocenters. The van der Waals surface area contributed by atoms with Crippen molar-refractivity contribution in [3.05, 3.63) is 0 Å². The summed E-state index contributed by atoms with van der Waals surface area (Å²) in [5, 5.41) is 2.61. The molecule has 0 saturated carbocycles. The van der Waals surface area contributed by atoms with E-state index in [1.807, 2.05) is 6.92 Å². The number of hydrogen-bond donors (Lipinski definition) is 2. The number of carbonyl (C=O) groups excluding carboxylic acids is 1. The number of carbonyl (C=O) groups is 1. The van der Waals surface area contributed by atoms with Gasteiger partial charge in [0.15, 0.2) is 0 Å². The Balaban J connectivity index is 3.07. The Morgan fingerprint density at radius 1 is 0.950 bits per heavy atom. The maximum absolute atomic E-state index is 11.1. The monoisotopic (exact) mass is 292 g/mol. The minimum atomic E-state index is -0.393. The second-order valence-corrected chi connectivity index (χ2v) is 4.04. The van der Waals surface area contributed by atoms with Crippen LogP contribution in [0, 0.1) is 0 Å². The van der Waals surface area contributed by atoms with E-state index in [0.29, 0.717) is 59.3 Å². The second kappa shape index (κ2) is 16.2. The number of nitrogens with two attached hydrogens (primary N) is 1. The summed E-state index contributed by atoms with van der Waals surface area (Å²) in [6.07, 6.45) is 1.50. The van der Waals surface area contributed by atoms with Crippen LogP contribution in [0.3, 0.4) is 0 Å². The van der Waals surface area contributed by atoms with Crippen LogP contribution in [0.15, 0.2) is 0 Å². The molecule has 0 aliphatic heterocycles. The molecule has 0 spiro atoms. The predicted molar refractivity (Wildman–Crippen MR) is 75.8 cm³/mol. The summed E-state index contributed by atoms with van der Waals surface area (Å²) in [6.45, 7) is 6.53. The summed E-state index contributed by atoms with van der Waals surface area (Å²) in [5.74, 6) is 0. The van der Waals surface area contributed by atoms with Crippen LogP contribution in [0.1, 0.15) is 19.8 Å². The zero-order valence-electron chi connectivity index (χ0n) is 12.4. The van der Waals surface area contributed by atoms with Crippen LogP contribution in [-0.4, -0.2) is 65.4 Å². The number of unbranched alkanes of at least 4 members (excludes halogenated alkanes) is 1. The van der Waals surface area contributed by atoms with E-state index in [-0.39, 0.29) is 0 Å². The van der Waals surface area contributed by atoms with Gasteiger partial charge in [-0.3, -0.25) is 0 Å². The van der Waals surface area contributed by atoms with Gasteiger partial charge in [-0.2, -0.15) is 0 Å². The van der Waals surface area contributed by atoms with Gasteiger partial charge in [-0.1, -0.05) is 13.3 Å². The molecule has 0 radical (unpaired) electrons. The highest BCUT2D eigenvalue weighted by Gasteiger charge is 1.99. The number of ether oxygens (including phenoxy) is 4. The number of nitrogens with one attached hydrogen (secondary N) is 1. The molecular formula is C13H28N2O5. The molecule has 0 fully saturated rings. The van der Waals surface area contributed by atoms with Crippen molar-refractivity contribution in [2.75, 3.05) is 59.3 Å². The van der Waals surface area contributed by atoms with Crippen LogP contribution in [-0.2, 0) is 18.9 Å². The van der Waals surface area contributed by atoms with Crippen molar-refractivity contribution < 1.29 is 23.7 Å². The topological polar surface area (TPSA) is 92.0 Å². The van der Waals surface area contributed by atoms with Crippen molar-refractivity contribution in [1.29, 1.82) is 0 Å². The number of amides is 1. The quantitative estimate of drug-likeness (QED) is 0.454. The van der Waals surface area contributed by atoms with Crippen LogP contribution in [0.4, 0.5) is 4.79 Å². The summed E-state index contributed by atoms with van der Waals surface area (Å²) < 4.78 is 20.6. The third-order valence-electron chi connectivity index (χ3n) is 2.25. The van der Waals surface area contributed by atoms with Gasteiger partial charge in [0.05, 0.1) is 46.2 Å². The first-order valence-corrected chi connectivity index (χ1v) is 7.15. The number of alkyl carbamates (subject to hydrolysis) is 1. The lowest BCUT2D eigenvalue weighted by molar-refractivity contribution is 0.0165.